The van der Waals surface area contributed by atoms with Crippen molar-refractivity contribution in [2.75, 3.05) is 12.5 Å². The fourth-order valence-corrected chi connectivity index (χ4v) is 1.74. The highest BCUT2D eigenvalue weighted by molar-refractivity contribution is 5.39. The molecule has 1 aromatic carbocycles. The van der Waals surface area contributed by atoms with Gasteiger partial charge in [-0.15, -0.1) is 0 Å². The lowest BCUT2D eigenvalue weighted by molar-refractivity contribution is 0.177. The van der Waals surface area contributed by atoms with Crippen molar-refractivity contribution in [3.63, 3.8) is 0 Å². The first-order valence-electron chi connectivity index (χ1n) is 6.35. The smallest absolute Gasteiger partial charge is 0.224 e. The number of nitrogens with zero attached hydrogens (tertiary/aromatic N) is 2. The average molecular weight is 274 g/mol. The van der Waals surface area contributed by atoms with E-state index >= 15 is 0 Å². The van der Waals surface area contributed by atoms with Crippen molar-refractivity contribution in [3.05, 3.63) is 41.7 Å². The van der Waals surface area contributed by atoms with E-state index in [0.717, 1.165) is 12.2 Å². The molecule has 6 heteroatoms. The molecule has 2 rings (SSSR count). The van der Waals surface area contributed by atoms with Crippen LogP contribution >= 0.6 is 0 Å². The van der Waals surface area contributed by atoms with Crippen LogP contribution in [-0.2, 0) is 17.8 Å². The molecule has 0 atom stereocenters. The molecule has 2 aromatic rings. The molecule has 0 saturated heterocycles. The fraction of sp³-hybridized carbons (Fsp3) is 0.286. The van der Waals surface area contributed by atoms with Crippen LogP contribution in [0.25, 0.3) is 0 Å². The topological polar surface area (TPSA) is 82.3 Å². The lowest BCUT2D eigenvalue weighted by Gasteiger charge is -2.09. The van der Waals surface area contributed by atoms with Crippen molar-refractivity contribution >= 4 is 5.82 Å². The van der Waals surface area contributed by atoms with Gasteiger partial charge in [0.25, 0.3) is 0 Å². The van der Waals surface area contributed by atoms with Gasteiger partial charge in [0.15, 0.2) is 5.82 Å². The Labute approximate surface area is 117 Å². The SMILES string of the molecule is CCc1cccc(Oc2cc(NN)nc(COC)n2)c1. The number of hydrogen-bond donors (Lipinski definition) is 2. The van der Waals surface area contributed by atoms with Gasteiger partial charge in [0.2, 0.25) is 5.88 Å². The molecule has 0 saturated carbocycles. The summed E-state index contributed by atoms with van der Waals surface area (Å²) < 4.78 is 10.8. The molecule has 0 aliphatic heterocycles. The Morgan fingerprint density at radius 1 is 1.25 bits per heavy atom. The highest BCUT2D eigenvalue weighted by Crippen LogP contribution is 2.22. The Bertz CT molecular complexity index is 575. The Hall–Kier alpha value is -2.18. The minimum absolute atomic E-state index is 0.293. The van der Waals surface area contributed by atoms with E-state index in [4.69, 9.17) is 15.3 Å². The summed E-state index contributed by atoms with van der Waals surface area (Å²) in [6.07, 6.45) is 0.950. The van der Waals surface area contributed by atoms with Crippen molar-refractivity contribution in [1.82, 2.24) is 9.97 Å². The van der Waals surface area contributed by atoms with Crippen LogP contribution in [0.4, 0.5) is 5.82 Å². The maximum atomic E-state index is 5.75. The van der Waals surface area contributed by atoms with E-state index in [0.29, 0.717) is 24.1 Å². The quantitative estimate of drug-likeness (QED) is 0.621. The molecule has 1 heterocycles. The van der Waals surface area contributed by atoms with Crippen molar-refractivity contribution in [2.24, 2.45) is 5.84 Å². The minimum atomic E-state index is 0.293. The second kappa shape index (κ2) is 6.83. The van der Waals surface area contributed by atoms with Gasteiger partial charge in [-0.3, -0.25) is 0 Å². The second-order valence-electron chi connectivity index (χ2n) is 4.19. The molecule has 3 N–H and O–H groups in total. The van der Waals surface area contributed by atoms with Gasteiger partial charge in [-0.05, 0) is 24.1 Å². The van der Waals surface area contributed by atoms with Gasteiger partial charge in [-0.2, -0.15) is 4.98 Å². The number of rotatable bonds is 6. The summed E-state index contributed by atoms with van der Waals surface area (Å²) in [6.45, 7) is 2.39. The number of aryl methyl sites for hydroxylation is 1. The van der Waals surface area contributed by atoms with Gasteiger partial charge < -0.3 is 14.9 Å². The highest BCUT2D eigenvalue weighted by atomic mass is 16.5. The van der Waals surface area contributed by atoms with Crippen LogP contribution < -0.4 is 16.0 Å². The molecule has 6 nitrogen and oxygen atoms in total. The number of nitrogen functional groups attached to an aromatic ring is 1. The largest absolute Gasteiger partial charge is 0.439 e. The van der Waals surface area contributed by atoms with Gasteiger partial charge in [-0.25, -0.2) is 10.8 Å². The number of benzene rings is 1. The molecule has 1 aromatic heterocycles. The number of hydrazine groups is 1. The van der Waals surface area contributed by atoms with Gasteiger partial charge in [0.05, 0.1) is 0 Å². The van der Waals surface area contributed by atoms with Crippen molar-refractivity contribution in [3.8, 4) is 11.6 Å². The van der Waals surface area contributed by atoms with E-state index in [1.54, 1.807) is 13.2 Å². The van der Waals surface area contributed by atoms with Crippen LogP contribution in [0.3, 0.4) is 0 Å². The lowest BCUT2D eigenvalue weighted by atomic mass is 10.2. The van der Waals surface area contributed by atoms with Gasteiger partial charge in [0, 0.05) is 13.2 Å². The zero-order valence-electron chi connectivity index (χ0n) is 11.6. The summed E-state index contributed by atoms with van der Waals surface area (Å²) in [5.41, 5.74) is 3.69. The van der Waals surface area contributed by atoms with Crippen LogP contribution in [0.2, 0.25) is 0 Å². The maximum Gasteiger partial charge on any atom is 0.224 e. The minimum Gasteiger partial charge on any atom is -0.439 e. The number of hydrogen-bond acceptors (Lipinski definition) is 6. The standard InChI is InChI=1S/C14H18N4O2/c1-3-10-5-4-6-11(7-10)20-14-8-12(18-15)16-13(17-14)9-19-2/h4-8H,3,9,15H2,1-2H3,(H,16,17,18). The number of methoxy groups -OCH3 is 1. The fourth-order valence-electron chi connectivity index (χ4n) is 1.74. The predicted molar refractivity (Wildman–Crippen MR) is 76.4 cm³/mol. The summed E-state index contributed by atoms with van der Waals surface area (Å²) in [7, 11) is 1.58. The summed E-state index contributed by atoms with van der Waals surface area (Å²) in [5, 5.41) is 0. The van der Waals surface area contributed by atoms with Crippen molar-refractivity contribution < 1.29 is 9.47 Å². The molecular weight excluding hydrogens is 256 g/mol. The molecule has 0 radical (unpaired) electrons. The monoisotopic (exact) mass is 274 g/mol. The lowest BCUT2D eigenvalue weighted by Crippen LogP contribution is -2.11. The third kappa shape index (κ3) is 3.66. The Morgan fingerprint density at radius 2 is 2.10 bits per heavy atom. The van der Waals surface area contributed by atoms with Gasteiger partial charge >= 0.3 is 0 Å². The summed E-state index contributed by atoms with van der Waals surface area (Å²) in [5.74, 6) is 7.53. The van der Waals surface area contributed by atoms with Crippen LogP contribution in [0.1, 0.15) is 18.3 Å². The summed E-state index contributed by atoms with van der Waals surface area (Å²) in [6, 6.07) is 9.50. The van der Waals surface area contributed by atoms with Crippen LogP contribution in [0.15, 0.2) is 30.3 Å². The Morgan fingerprint density at radius 3 is 2.80 bits per heavy atom. The number of ether oxygens (including phenoxy) is 2. The molecule has 20 heavy (non-hydrogen) atoms. The zero-order valence-corrected chi connectivity index (χ0v) is 11.6. The molecule has 0 aliphatic rings. The van der Waals surface area contributed by atoms with E-state index in [9.17, 15) is 0 Å². The number of anilines is 1. The maximum absolute atomic E-state index is 5.75. The molecule has 0 bridgehead atoms. The third-order valence-electron chi connectivity index (χ3n) is 2.70. The van der Waals surface area contributed by atoms with E-state index in [1.807, 2.05) is 18.2 Å². The predicted octanol–water partition coefficient (Wildman–Crippen LogP) is 2.26. The third-order valence-corrected chi connectivity index (χ3v) is 2.70. The molecule has 0 fully saturated rings. The summed E-state index contributed by atoms with van der Waals surface area (Å²) >= 11 is 0. The first kappa shape index (κ1) is 14.2. The van der Waals surface area contributed by atoms with Crippen LogP contribution in [0.5, 0.6) is 11.6 Å². The van der Waals surface area contributed by atoms with Crippen LogP contribution in [0, 0.1) is 0 Å². The van der Waals surface area contributed by atoms with Gasteiger partial charge in [0.1, 0.15) is 18.2 Å². The first-order valence-corrected chi connectivity index (χ1v) is 6.35. The van der Waals surface area contributed by atoms with E-state index < -0.39 is 0 Å². The molecule has 0 unspecified atom stereocenters. The summed E-state index contributed by atoms with van der Waals surface area (Å²) in [4.78, 5) is 8.43. The average Bonchev–Trinajstić information content (AvgIpc) is 2.47. The number of nitrogens with two attached hydrogens (primary N) is 1. The highest BCUT2D eigenvalue weighted by Gasteiger charge is 2.06. The molecule has 106 valence electrons. The number of aromatic nitrogens is 2. The zero-order chi connectivity index (χ0) is 14.4. The first-order chi connectivity index (χ1) is 9.75. The molecule has 0 aliphatic carbocycles. The molecule has 0 spiro atoms. The Kier molecular flexibility index (Phi) is 4.86. The van der Waals surface area contributed by atoms with Gasteiger partial charge in [-0.1, -0.05) is 19.1 Å². The van der Waals surface area contributed by atoms with E-state index in [2.05, 4.69) is 28.4 Å². The Balaban J connectivity index is 2.24. The normalized spacial score (nSPS) is 10.3. The van der Waals surface area contributed by atoms with E-state index in [-0.39, 0.29) is 0 Å². The van der Waals surface area contributed by atoms with Crippen molar-refractivity contribution in [1.29, 1.82) is 0 Å². The van der Waals surface area contributed by atoms with E-state index in [1.165, 1.54) is 5.56 Å². The molecule has 0 amide bonds. The number of nitrogens with one attached hydrogen (secondary N) is 1. The second-order valence-corrected chi connectivity index (χ2v) is 4.19. The molecular formula is C14H18N4O2. The van der Waals surface area contributed by atoms with Crippen molar-refractivity contribution in [2.45, 2.75) is 20.0 Å². The van der Waals surface area contributed by atoms with Crippen LogP contribution in [-0.4, -0.2) is 17.1 Å².